The van der Waals surface area contributed by atoms with Gasteiger partial charge in [-0.15, -0.1) is 0 Å². The average Bonchev–Trinajstić information content (AvgIpc) is 3.09. The quantitative estimate of drug-likeness (QED) is 0.425. The van der Waals surface area contributed by atoms with E-state index in [4.69, 9.17) is 19.7 Å². The predicted octanol–water partition coefficient (Wildman–Crippen LogP) is 5.67. The number of likely N-dealkylation sites (N-methyl/N-ethyl adjacent to an activating group) is 1. The first-order valence-electron chi connectivity index (χ1n) is 14.2. The van der Waals surface area contributed by atoms with Crippen molar-refractivity contribution >= 4 is 38.8 Å². The molecule has 1 N–H and O–H groups in total. The van der Waals surface area contributed by atoms with Crippen LogP contribution >= 0.6 is 0 Å². The third kappa shape index (κ3) is 5.21. The van der Waals surface area contributed by atoms with Crippen molar-refractivity contribution in [3.05, 3.63) is 59.3 Å². The lowest BCUT2D eigenvalue weighted by atomic mass is 9.73. The highest BCUT2D eigenvalue weighted by molar-refractivity contribution is 7.92. The molecule has 3 aliphatic heterocycles. The monoisotopic (exact) mass is 575 g/mol. The number of rotatable bonds is 4. The van der Waals surface area contributed by atoms with Crippen LogP contribution < -0.4 is 10.2 Å². The van der Waals surface area contributed by atoms with Gasteiger partial charge in [-0.1, -0.05) is 32.9 Å². The molecule has 218 valence electrons. The molecule has 1 aromatic carbocycles. The molecule has 0 saturated carbocycles. The van der Waals surface area contributed by atoms with Crippen LogP contribution in [0.3, 0.4) is 0 Å². The molecule has 0 unspecified atom stereocenters. The highest BCUT2D eigenvalue weighted by Gasteiger charge is 2.55. The van der Waals surface area contributed by atoms with Gasteiger partial charge in [0.25, 0.3) is 0 Å². The van der Waals surface area contributed by atoms with Crippen molar-refractivity contribution in [1.29, 1.82) is 0 Å². The van der Waals surface area contributed by atoms with E-state index in [0.29, 0.717) is 18.4 Å². The second-order valence-electron chi connectivity index (χ2n) is 13.7. The molecular formula is C31H41N7O2S. The molecule has 3 aliphatic rings. The summed E-state index contributed by atoms with van der Waals surface area (Å²) in [4.78, 5) is 19.3. The fourth-order valence-corrected chi connectivity index (χ4v) is 7.33. The van der Waals surface area contributed by atoms with Gasteiger partial charge in [-0.3, -0.25) is 0 Å². The lowest BCUT2D eigenvalue weighted by Gasteiger charge is -2.46. The van der Waals surface area contributed by atoms with E-state index in [-0.39, 0.29) is 22.5 Å². The third-order valence-electron chi connectivity index (χ3n) is 8.58. The summed E-state index contributed by atoms with van der Waals surface area (Å²) in [6.45, 7) is 13.6. The number of pyridine rings is 1. The Hall–Kier alpha value is -3.08. The SMILES string of the molecule is CN1Cc2cc(Nc3ncc4c(n3)N(c3cccc(N=S(C)(C)=O)n3)[C@@H]3CC(C)(C)OC[C@]43C)ccc2C(C)(C)C1. The summed E-state index contributed by atoms with van der Waals surface area (Å²) < 4.78 is 23.2. The Kier molecular flexibility index (Phi) is 6.48. The summed E-state index contributed by atoms with van der Waals surface area (Å²) in [6.07, 6.45) is 5.97. The summed E-state index contributed by atoms with van der Waals surface area (Å²) >= 11 is 0. The highest BCUT2D eigenvalue weighted by Crippen LogP contribution is 2.53. The molecule has 0 bridgehead atoms. The fourth-order valence-electron chi connectivity index (χ4n) is 6.78. The molecule has 9 nitrogen and oxygen atoms in total. The minimum Gasteiger partial charge on any atom is -0.374 e. The van der Waals surface area contributed by atoms with Gasteiger partial charge >= 0.3 is 0 Å². The Morgan fingerprint density at radius 2 is 1.85 bits per heavy atom. The number of benzene rings is 1. The zero-order chi connectivity index (χ0) is 29.4. The van der Waals surface area contributed by atoms with Gasteiger partial charge < -0.3 is 19.9 Å². The van der Waals surface area contributed by atoms with E-state index < -0.39 is 9.73 Å². The van der Waals surface area contributed by atoms with Crippen LogP contribution in [0.4, 0.5) is 29.1 Å². The first kappa shape index (κ1) is 28.1. The van der Waals surface area contributed by atoms with Crippen molar-refractivity contribution in [2.75, 3.05) is 42.9 Å². The highest BCUT2D eigenvalue weighted by atomic mass is 32.2. The Balaban J connectivity index is 1.41. The Morgan fingerprint density at radius 3 is 2.61 bits per heavy atom. The molecule has 5 heterocycles. The van der Waals surface area contributed by atoms with Gasteiger partial charge in [-0.25, -0.2) is 14.2 Å². The predicted molar refractivity (Wildman–Crippen MR) is 165 cm³/mol. The second kappa shape index (κ2) is 9.47. The van der Waals surface area contributed by atoms with Gasteiger partial charge in [-0.05, 0) is 62.7 Å². The van der Waals surface area contributed by atoms with Crippen LogP contribution in [0.2, 0.25) is 0 Å². The van der Waals surface area contributed by atoms with Gasteiger partial charge in [0.15, 0.2) is 5.82 Å². The Labute approximate surface area is 243 Å². The van der Waals surface area contributed by atoms with E-state index in [1.54, 1.807) is 18.6 Å². The van der Waals surface area contributed by atoms with Crippen LogP contribution in [0.1, 0.15) is 57.7 Å². The Bertz CT molecular complexity index is 1640. The smallest absolute Gasteiger partial charge is 0.229 e. The number of hydrogen-bond donors (Lipinski definition) is 1. The standard InChI is InChI=1S/C31H41N7O2S/c1-29(2)18-37(6)17-20-14-21(12-13-22(20)29)33-28-32-16-23-27(35-28)38(24-15-30(3,4)40-19-31(23,24)5)26-11-9-10-25(34-26)36-41(7,8)39/h9-14,16,24H,15,17-19H2,1-8H3,(H,32,33,35)/t24-,31-/m1/s1. The van der Waals surface area contributed by atoms with Crippen molar-refractivity contribution in [3.63, 3.8) is 0 Å². The summed E-state index contributed by atoms with van der Waals surface area (Å²) in [7, 11) is -0.185. The van der Waals surface area contributed by atoms with Crippen molar-refractivity contribution < 1.29 is 8.95 Å². The lowest BCUT2D eigenvalue weighted by molar-refractivity contribution is -0.0893. The summed E-state index contributed by atoms with van der Waals surface area (Å²) in [5, 5.41) is 3.47. The molecule has 1 saturated heterocycles. The molecule has 41 heavy (non-hydrogen) atoms. The zero-order valence-electron chi connectivity index (χ0n) is 25.4. The van der Waals surface area contributed by atoms with Crippen molar-refractivity contribution in [2.45, 2.75) is 70.1 Å². The molecular weight excluding hydrogens is 534 g/mol. The third-order valence-corrected chi connectivity index (χ3v) is 9.21. The van der Waals surface area contributed by atoms with Crippen LogP contribution in [-0.2, 0) is 31.8 Å². The molecule has 2 atom stereocenters. The summed E-state index contributed by atoms with van der Waals surface area (Å²) in [6, 6.07) is 12.3. The number of ether oxygens (including phenoxy) is 1. The van der Waals surface area contributed by atoms with E-state index in [1.807, 2.05) is 18.3 Å². The normalized spacial score (nSPS) is 24.8. The maximum atomic E-state index is 12.4. The van der Waals surface area contributed by atoms with E-state index in [2.05, 4.69) is 79.3 Å². The Morgan fingerprint density at radius 1 is 1.07 bits per heavy atom. The first-order chi connectivity index (χ1) is 19.1. The minimum atomic E-state index is -2.36. The maximum Gasteiger partial charge on any atom is 0.229 e. The van der Waals surface area contributed by atoms with Gasteiger partial charge in [0.05, 0.1) is 18.2 Å². The molecule has 6 rings (SSSR count). The summed E-state index contributed by atoms with van der Waals surface area (Å²) in [5.74, 6) is 2.53. The maximum absolute atomic E-state index is 12.4. The topological polar surface area (TPSA) is 95.8 Å². The van der Waals surface area contributed by atoms with Crippen molar-refractivity contribution in [3.8, 4) is 0 Å². The largest absolute Gasteiger partial charge is 0.374 e. The first-order valence-corrected chi connectivity index (χ1v) is 16.5. The van der Waals surface area contributed by atoms with Gasteiger partial charge in [0, 0.05) is 63.6 Å². The molecule has 0 amide bonds. The molecule has 3 aromatic rings. The molecule has 10 heteroatoms. The molecule has 0 spiro atoms. The van der Waals surface area contributed by atoms with Crippen molar-refractivity contribution in [2.24, 2.45) is 4.36 Å². The van der Waals surface area contributed by atoms with Gasteiger partial charge in [0.2, 0.25) is 5.95 Å². The number of aromatic nitrogens is 3. The van der Waals surface area contributed by atoms with E-state index >= 15 is 0 Å². The molecule has 0 radical (unpaired) electrons. The number of anilines is 4. The van der Waals surface area contributed by atoms with Crippen molar-refractivity contribution in [1.82, 2.24) is 19.9 Å². The number of hydrogen-bond acceptors (Lipinski definition) is 9. The fraction of sp³-hybridized carbons (Fsp3) is 0.516. The number of nitrogens with one attached hydrogen (secondary N) is 1. The zero-order valence-corrected chi connectivity index (χ0v) is 26.2. The number of fused-ring (bicyclic) bond motifs is 4. The molecule has 2 aromatic heterocycles. The van der Waals surface area contributed by atoms with E-state index in [0.717, 1.165) is 42.4 Å². The van der Waals surface area contributed by atoms with Gasteiger partial charge in [0.1, 0.15) is 11.6 Å². The minimum absolute atomic E-state index is 0.0580. The van der Waals surface area contributed by atoms with E-state index in [1.165, 1.54) is 11.1 Å². The summed E-state index contributed by atoms with van der Waals surface area (Å²) in [5.41, 5.74) is 4.20. The van der Waals surface area contributed by atoms with Crippen LogP contribution in [0.25, 0.3) is 0 Å². The van der Waals surface area contributed by atoms with Crippen LogP contribution in [0, 0.1) is 0 Å². The van der Waals surface area contributed by atoms with Crippen LogP contribution in [0.5, 0.6) is 0 Å². The van der Waals surface area contributed by atoms with E-state index in [9.17, 15) is 4.21 Å². The van der Waals surface area contributed by atoms with Crippen LogP contribution in [0.15, 0.2) is 47.0 Å². The second-order valence-corrected chi connectivity index (χ2v) is 16.2. The average molecular weight is 576 g/mol. The van der Waals surface area contributed by atoms with Gasteiger partial charge in [-0.2, -0.15) is 9.35 Å². The van der Waals surface area contributed by atoms with Crippen LogP contribution in [-0.4, -0.2) is 68.4 Å². The number of nitrogens with zero attached hydrogens (tertiary/aromatic N) is 6. The molecule has 0 aliphatic carbocycles. The lowest BCUT2D eigenvalue weighted by Crippen LogP contribution is -2.54. The molecule has 1 fully saturated rings.